The zero-order valence-corrected chi connectivity index (χ0v) is 11.3. The lowest BCUT2D eigenvalue weighted by molar-refractivity contribution is 0.474. The van der Waals surface area contributed by atoms with Crippen LogP contribution in [0.3, 0.4) is 0 Å². The molecule has 0 saturated carbocycles. The molecule has 0 aliphatic carbocycles. The van der Waals surface area contributed by atoms with Crippen molar-refractivity contribution in [1.82, 2.24) is 4.72 Å². The van der Waals surface area contributed by atoms with E-state index in [9.17, 15) is 13.5 Å². The van der Waals surface area contributed by atoms with Gasteiger partial charge in [-0.3, -0.25) is 0 Å². The molecule has 2 aromatic rings. The molecule has 100 valence electrons. The summed E-state index contributed by atoms with van der Waals surface area (Å²) in [6.07, 6.45) is 0. The minimum absolute atomic E-state index is 0.118. The van der Waals surface area contributed by atoms with E-state index in [1.807, 2.05) is 0 Å². The summed E-state index contributed by atoms with van der Waals surface area (Å²) >= 11 is 0. The van der Waals surface area contributed by atoms with Gasteiger partial charge in [0.15, 0.2) is 0 Å². The van der Waals surface area contributed by atoms with Crippen LogP contribution in [0, 0.1) is 6.92 Å². The average molecular weight is 277 g/mol. The summed E-state index contributed by atoms with van der Waals surface area (Å²) in [4.78, 5) is 0.273. The second kappa shape index (κ2) is 5.42. The number of phenolic OH excluding ortho intramolecular Hbond substituents is 1. The number of phenols is 1. The van der Waals surface area contributed by atoms with Crippen LogP contribution in [0.25, 0.3) is 0 Å². The molecule has 0 heterocycles. The first kappa shape index (κ1) is 13.6. The molecule has 0 fully saturated rings. The summed E-state index contributed by atoms with van der Waals surface area (Å²) in [7, 11) is -3.53. The van der Waals surface area contributed by atoms with Crippen LogP contribution in [-0.4, -0.2) is 13.5 Å². The van der Waals surface area contributed by atoms with Crippen molar-refractivity contribution < 1.29 is 13.5 Å². The molecule has 19 heavy (non-hydrogen) atoms. The van der Waals surface area contributed by atoms with E-state index in [1.54, 1.807) is 49.4 Å². The van der Waals surface area contributed by atoms with E-state index < -0.39 is 10.0 Å². The van der Waals surface area contributed by atoms with Crippen molar-refractivity contribution in [2.75, 3.05) is 0 Å². The summed E-state index contributed by atoms with van der Waals surface area (Å²) in [5.74, 6) is 0.118. The number of nitrogens with one attached hydrogen (secondary N) is 1. The fraction of sp³-hybridized carbons (Fsp3) is 0.143. The highest BCUT2D eigenvalue weighted by atomic mass is 32.2. The third kappa shape index (κ3) is 3.33. The van der Waals surface area contributed by atoms with Gasteiger partial charge in [0.05, 0.1) is 4.90 Å². The van der Waals surface area contributed by atoms with E-state index in [2.05, 4.69) is 4.72 Å². The standard InChI is InChI=1S/C14H15NO3S/c1-11-5-2-3-8-14(11)19(17,18)15-10-12-6-4-7-13(16)9-12/h2-9,15-16H,10H2,1H3. The van der Waals surface area contributed by atoms with Crippen molar-refractivity contribution in [2.24, 2.45) is 0 Å². The predicted octanol–water partition coefficient (Wildman–Crippen LogP) is 2.18. The lowest BCUT2D eigenvalue weighted by Gasteiger charge is -2.09. The van der Waals surface area contributed by atoms with Gasteiger partial charge in [-0.2, -0.15) is 0 Å². The van der Waals surface area contributed by atoms with Crippen LogP contribution in [-0.2, 0) is 16.6 Å². The molecule has 0 saturated heterocycles. The summed E-state index contributed by atoms with van der Waals surface area (Å²) in [6.45, 7) is 1.90. The zero-order chi connectivity index (χ0) is 13.9. The maximum Gasteiger partial charge on any atom is 0.241 e. The Balaban J connectivity index is 2.17. The van der Waals surface area contributed by atoms with Gasteiger partial charge in [-0.05, 0) is 36.2 Å². The molecule has 0 aliphatic rings. The minimum atomic E-state index is -3.53. The second-order valence-corrected chi connectivity index (χ2v) is 6.00. The van der Waals surface area contributed by atoms with Crippen LogP contribution in [0.4, 0.5) is 0 Å². The number of aryl methyl sites for hydroxylation is 1. The third-order valence-electron chi connectivity index (χ3n) is 2.76. The zero-order valence-electron chi connectivity index (χ0n) is 10.5. The average Bonchev–Trinajstić information content (AvgIpc) is 2.37. The molecular weight excluding hydrogens is 262 g/mol. The van der Waals surface area contributed by atoms with Gasteiger partial charge in [0.2, 0.25) is 10.0 Å². The lowest BCUT2D eigenvalue weighted by atomic mass is 10.2. The Bertz CT molecular complexity index is 681. The lowest BCUT2D eigenvalue weighted by Crippen LogP contribution is -2.23. The fourth-order valence-corrected chi connectivity index (χ4v) is 3.04. The summed E-state index contributed by atoms with van der Waals surface area (Å²) in [5, 5.41) is 9.33. The summed E-state index contributed by atoms with van der Waals surface area (Å²) < 4.78 is 26.8. The van der Waals surface area contributed by atoms with E-state index in [4.69, 9.17) is 0 Å². The molecule has 0 unspecified atom stereocenters. The molecule has 0 aromatic heterocycles. The van der Waals surface area contributed by atoms with E-state index in [-0.39, 0.29) is 17.2 Å². The van der Waals surface area contributed by atoms with E-state index >= 15 is 0 Å². The first-order valence-corrected chi connectivity index (χ1v) is 7.30. The first-order valence-electron chi connectivity index (χ1n) is 5.82. The number of benzene rings is 2. The Morgan fingerprint density at radius 1 is 1.11 bits per heavy atom. The van der Waals surface area contributed by atoms with Crippen molar-refractivity contribution in [1.29, 1.82) is 0 Å². The number of sulfonamides is 1. The highest BCUT2D eigenvalue weighted by Crippen LogP contribution is 2.15. The number of hydrogen-bond donors (Lipinski definition) is 2. The van der Waals surface area contributed by atoms with Crippen LogP contribution in [0.5, 0.6) is 5.75 Å². The molecule has 0 amide bonds. The van der Waals surface area contributed by atoms with Crippen molar-refractivity contribution in [2.45, 2.75) is 18.4 Å². The van der Waals surface area contributed by atoms with E-state index in [0.29, 0.717) is 11.1 Å². The highest BCUT2D eigenvalue weighted by Gasteiger charge is 2.15. The van der Waals surface area contributed by atoms with Gasteiger partial charge in [-0.15, -0.1) is 0 Å². The molecule has 0 atom stereocenters. The number of aromatic hydroxyl groups is 1. The molecule has 5 heteroatoms. The van der Waals surface area contributed by atoms with Crippen LogP contribution in [0.2, 0.25) is 0 Å². The SMILES string of the molecule is Cc1ccccc1S(=O)(=O)NCc1cccc(O)c1. The Hall–Kier alpha value is -1.85. The Labute approximate surface area is 112 Å². The van der Waals surface area contributed by atoms with Gasteiger partial charge in [-0.25, -0.2) is 13.1 Å². The quantitative estimate of drug-likeness (QED) is 0.900. The van der Waals surface area contributed by atoms with Crippen molar-refractivity contribution in [3.05, 3.63) is 59.7 Å². The van der Waals surface area contributed by atoms with E-state index in [1.165, 1.54) is 6.07 Å². The molecule has 2 rings (SSSR count). The monoisotopic (exact) mass is 277 g/mol. The van der Waals surface area contributed by atoms with Gasteiger partial charge < -0.3 is 5.11 Å². The molecule has 0 radical (unpaired) electrons. The molecular formula is C14H15NO3S. The largest absolute Gasteiger partial charge is 0.508 e. The van der Waals surface area contributed by atoms with E-state index in [0.717, 1.165) is 0 Å². The number of hydrogen-bond acceptors (Lipinski definition) is 3. The van der Waals surface area contributed by atoms with Crippen LogP contribution >= 0.6 is 0 Å². The summed E-state index contributed by atoms with van der Waals surface area (Å²) in [5.41, 5.74) is 1.41. The number of rotatable bonds is 4. The minimum Gasteiger partial charge on any atom is -0.508 e. The molecule has 0 bridgehead atoms. The van der Waals surface area contributed by atoms with Gasteiger partial charge in [-0.1, -0.05) is 30.3 Å². The summed E-state index contributed by atoms with van der Waals surface area (Å²) in [6, 6.07) is 13.3. The van der Waals surface area contributed by atoms with Crippen LogP contribution in [0.1, 0.15) is 11.1 Å². The van der Waals surface area contributed by atoms with Crippen molar-refractivity contribution >= 4 is 10.0 Å². The Morgan fingerprint density at radius 2 is 1.84 bits per heavy atom. The maximum atomic E-state index is 12.1. The normalized spacial score (nSPS) is 11.4. The predicted molar refractivity (Wildman–Crippen MR) is 73.3 cm³/mol. The molecule has 4 nitrogen and oxygen atoms in total. The molecule has 0 spiro atoms. The maximum absolute atomic E-state index is 12.1. The third-order valence-corrected chi connectivity index (χ3v) is 4.32. The van der Waals surface area contributed by atoms with Gasteiger partial charge in [0, 0.05) is 6.54 Å². The first-order chi connectivity index (χ1) is 8.99. The molecule has 2 aromatic carbocycles. The van der Waals surface area contributed by atoms with Crippen LogP contribution < -0.4 is 4.72 Å². The second-order valence-electron chi connectivity index (χ2n) is 4.26. The smallest absolute Gasteiger partial charge is 0.241 e. The molecule has 2 N–H and O–H groups in total. The highest BCUT2D eigenvalue weighted by molar-refractivity contribution is 7.89. The van der Waals surface area contributed by atoms with Gasteiger partial charge >= 0.3 is 0 Å². The Morgan fingerprint density at radius 3 is 2.53 bits per heavy atom. The molecule has 0 aliphatic heterocycles. The topological polar surface area (TPSA) is 66.4 Å². The van der Waals surface area contributed by atoms with Crippen molar-refractivity contribution in [3.63, 3.8) is 0 Å². The van der Waals surface area contributed by atoms with Crippen LogP contribution in [0.15, 0.2) is 53.4 Å². The van der Waals surface area contributed by atoms with Gasteiger partial charge in [0.1, 0.15) is 5.75 Å². The fourth-order valence-electron chi connectivity index (χ4n) is 1.78. The van der Waals surface area contributed by atoms with Gasteiger partial charge in [0.25, 0.3) is 0 Å². The Kier molecular flexibility index (Phi) is 3.87. The van der Waals surface area contributed by atoms with Crippen molar-refractivity contribution in [3.8, 4) is 5.75 Å².